The van der Waals surface area contributed by atoms with Crippen molar-refractivity contribution in [2.45, 2.75) is 37.3 Å². The number of ether oxygens (including phenoxy) is 1. The largest absolute Gasteiger partial charge is 0.480 e. The number of benzene rings is 1. The Morgan fingerprint density at radius 1 is 1.15 bits per heavy atom. The van der Waals surface area contributed by atoms with Gasteiger partial charge < -0.3 is 46.3 Å². The number of hydrogen-bond acceptors (Lipinski definition) is 14. The number of H-pyrrole nitrogens is 2. The fourth-order valence-electron chi connectivity index (χ4n) is 5.34. The molecule has 0 bridgehead atoms. The number of aliphatic hydroxyl groups is 2. The van der Waals surface area contributed by atoms with Gasteiger partial charge in [0, 0.05) is 38.3 Å². The van der Waals surface area contributed by atoms with E-state index in [2.05, 4.69) is 50.4 Å². The van der Waals surface area contributed by atoms with Gasteiger partial charge in [-0.1, -0.05) is 12.1 Å². The van der Waals surface area contributed by atoms with Crippen LogP contribution < -0.4 is 26.8 Å². The Bertz CT molecular complexity index is 1860. The van der Waals surface area contributed by atoms with E-state index in [1.54, 1.807) is 10.9 Å². The Labute approximate surface area is 260 Å². The molecule has 4 atom stereocenters. The number of carboxylic acids is 1. The van der Waals surface area contributed by atoms with E-state index in [9.17, 15) is 19.8 Å². The van der Waals surface area contributed by atoms with Crippen molar-refractivity contribution in [3.63, 3.8) is 0 Å². The van der Waals surface area contributed by atoms with Crippen LogP contribution in [0.25, 0.3) is 22.3 Å². The first kappa shape index (κ1) is 30.8. The standard InChI is InChI=1S/C28H34N12O6/c29-17(27(44)45)9-15-1-3-16(4-2-15)39(7-5-30-23-21-24(33-12-32-21)35-13-34-23)8-6-31-28-37-25-22(26(43)38-28)36-14-40(25)20-10-18(42)19(11-41)46-20/h1-4,12-14,17-20,41-42H,5-11,29H2,(H,44,45)(H2,31,37,38,43)(H2,30,32,33,34,35)/t17-,18-,19+,20+/m0/s1. The molecule has 1 aromatic carbocycles. The minimum atomic E-state index is -1.06. The molecule has 1 aliphatic rings. The summed E-state index contributed by atoms with van der Waals surface area (Å²) in [6.45, 7) is 1.62. The van der Waals surface area contributed by atoms with E-state index in [0.717, 1.165) is 11.3 Å². The Hall–Kier alpha value is -5.17. The van der Waals surface area contributed by atoms with Crippen LogP contribution in [-0.2, 0) is 16.0 Å². The molecular formula is C28H34N12O6. The summed E-state index contributed by atoms with van der Waals surface area (Å²) in [4.78, 5) is 53.2. The Morgan fingerprint density at radius 2 is 1.93 bits per heavy atom. The minimum absolute atomic E-state index is 0.127. The molecule has 18 nitrogen and oxygen atoms in total. The lowest BCUT2D eigenvalue weighted by Crippen LogP contribution is -2.34. The van der Waals surface area contributed by atoms with E-state index in [1.807, 2.05) is 24.3 Å². The summed E-state index contributed by atoms with van der Waals surface area (Å²) in [7, 11) is 0. The molecule has 1 aliphatic heterocycles. The number of carboxylic acid groups (broad SMARTS) is 1. The monoisotopic (exact) mass is 634 g/mol. The van der Waals surface area contributed by atoms with E-state index in [4.69, 9.17) is 15.6 Å². The van der Waals surface area contributed by atoms with Crippen molar-refractivity contribution in [1.29, 1.82) is 0 Å². The highest BCUT2D eigenvalue weighted by atomic mass is 16.5. The SMILES string of the molecule is N[C@@H](Cc1ccc(N(CCNc2nc3c(ncn3[C@H]3C[C@H](O)[C@@H](CO)O3)c(=O)[nH]2)CCNc2ncnc3nc[nH]c23)cc1)C(=O)O. The van der Waals surface area contributed by atoms with Gasteiger partial charge in [-0.3, -0.25) is 19.1 Å². The van der Waals surface area contributed by atoms with E-state index in [0.29, 0.717) is 43.2 Å². The van der Waals surface area contributed by atoms with Crippen molar-refractivity contribution in [3.05, 3.63) is 59.2 Å². The van der Waals surface area contributed by atoms with Gasteiger partial charge in [-0.25, -0.2) is 19.9 Å². The second-order valence-corrected chi connectivity index (χ2v) is 10.8. The highest BCUT2D eigenvalue weighted by molar-refractivity contribution is 5.81. The third kappa shape index (κ3) is 6.59. The van der Waals surface area contributed by atoms with Gasteiger partial charge in [0.05, 0.1) is 25.4 Å². The maximum Gasteiger partial charge on any atom is 0.320 e. The predicted octanol–water partition coefficient (Wildman–Crippen LogP) is -0.588. The van der Waals surface area contributed by atoms with Crippen LogP contribution in [-0.4, -0.2) is 112 Å². The zero-order chi connectivity index (χ0) is 32.2. The number of aliphatic hydroxyl groups excluding tert-OH is 2. The molecule has 0 aliphatic carbocycles. The Morgan fingerprint density at radius 3 is 2.67 bits per heavy atom. The van der Waals surface area contributed by atoms with Crippen molar-refractivity contribution < 1.29 is 24.9 Å². The van der Waals surface area contributed by atoms with Crippen LogP contribution >= 0.6 is 0 Å². The number of fused-ring (bicyclic) bond motifs is 2. The summed E-state index contributed by atoms with van der Waals surface area (Å²) in [6, 6.07) is 6.51. The van der Waals surface area contributed by atoms with Crippen LogP contribution in [0.2, 0.25) is 0 Å². The first-order chi connectivity index (χ1) is 22.3. The van der Waals surface area contributed by atoms with Gasteiger partial charge in [-0.05, 0) is 24.1 Å². The second kappa shape index (κ2) is 13.4. The average molecular weight is 635 g/mol. The van der Waals surface area contributed by atoms with Gasteiger partial charge >= 0.3 is 5.97 Å². The van der Waals surface area contributed by atoms with Gasteiger partial charge in [-0.15, -0.1) is 0 Å². The Balaban J connectivity index is 1.16. The summed E-state index contributed by atoms with van der Waals surface area (Å²) >= 11 is 0. The molecule has 242 valence electrons. The number of nitrogens with one attached hydrogen (secondary N) is 4. The van der Waals surface area contributed by atoms with Crippen molar-refractivity contribution in [2.24, 2.45) is 5.73 Å². The number of aromatic amines is 2. The maximum absolute atomic E-state index is 12.8. The number of imidazole rings is 2. The summed E-state index contributed by atoms with van der Waals surface area (Å²) in [5, 5.41) is 35.3. The third-order valence-electron chi connectivity index (χ3n) is 7.77. The minimum Gasteiger partial charge on any atom is -0.480 e. The molecule has 0 saturated carbocycles. The molecule has 0 radical (unpaired) electrons. The van der Waals surface area contributed by atoms with Gasteiger partial charge in [-0.2, -0.15) is 4.98 Å². The van der Waals surface area contributed by atoms with Gasteiger partial charge in [0.2, 0.25) is 5.95 Å². The van der Waals surface area contributed by atoms with Crippen molar-refractivity contribution in [1.82, 2.24) is 39.5 Å². The van der Waals surface area contributed by atoms with E-state index < -0.39 is 36.0 Å². The topological polar surface area (TPSA) is 258 Å². The van der Waals surface area contributed by atoms with Gasteiger partial charge in [0.15, 0.2) is 22.6 Å². The van der Waals surface area contributed by atoms with Crippen LogP contribution in [0.3, 0.4) is 0 Å². The number of anilines is 3. The molecule has 0 unspecified atom stereocenters. The molecule has 4 aromatic heterocycles. The van der Waals surface area contributed by atoms with Gasteiger partial charge in [0.25, 0.3) is 5.56 Å². The van der Waals surface area contributed by atoms with Crippen LogP contribution in [0, 0.1) is 0 Å². The zero-order valence-corrected chi connectivity index (χ0v) is 24.6. The van der Waals surface area contributed by atoms with Crippen molar-refractivity contribution in [2.75, 3.05) is 48.3 Å². The van der Waals surface area contributed by atoms with Crippen LogP contribution in [0.5, 0.6) is 0 Å². The molecule has 18 heteroatoms. The number of nitrogens with zero attached hydrogens (tertiary/aromatic N) is 7. The lowest BCUT2D eigenvalue weighted by molar-refractivity contribution is -0.138. The van der Waals surface area contributed by atoms with E-state index in [-0.39, 0.29) is 36.6 Å². The highest BCUT2D eigenvalue weighted by Gasteiger charge is 2.35. The molecule has 46 heavy (non-hydrogen) atoms. The molecule has 5 aromatic rings. The molecule has 1 saturated heterocycles. The average Bonchev–Trinajstić information content (AvgIpc) is 3.79. The lowest BCUT2D eigenvalue weighted by Gasteiger charge is -2.26. The van der Waals surface area contributed by atoms with Crippen molar-refractivity contribution in [3.8, 4) is 0 Å². The fourth-order valence-corrected chi connectivity index (χ4v) is 5.34. The van der Waals surface area contributed by atoms with E-state index in [1.165, 1.54) is 12.7 Å². The number of rotatable bonds is 14. The molecule has 5 heterocycles. The predicted molar refractivity (Wildman–Crippen MR) is 166 cm³/mol. The summed E-state index contributed by atoms with van der Waals surface area (Å²) in [5.74, 6) is -0.209. The second-order valence-electron chi connectivity index (χ2n) is 10.8. The molecule has 1 fully saturated rings. The van der Waals surface area contributed by atoms with Crippen LogP contribution in [0.15, 0.2) is 48.0 Å². The zero-order valence-electron chi connectivity index (χ0n) is 24.6. The molecule has 0 spiro atoms. The third-order valence-corrected chi connectivity index (χ3v) is 7.77. The summed E-state index contributed by atoms with van der Waals surface area (Å²) in [6.07, 6.45) is 2.64. The number of carbonyl (C=O) groups is 1. The highest BCUT2D eigenvalue weighted by Crippen LogP contribution is 2.30. The van der Waals surface area contributed by atoms with E-state index >= 15 is 0 Å². The first-order valence-electron chi connectivity index (χ1n) is 14.7. The summed E-state index contributed by atoms with van der Waals surface area (Å²) < 4.78 is 7.31. The smallest absolute Gasteiger partial charge is 0.320 e. The van der Waals surface area contributed by atoms with Gasteiger partial charge in [0.1, 0.15) is 30.2 Å². The fraction of sp³-hybridized carbons (Fsp3) is 0.393. The molecular weight excluding hydrogens is 600 g/mol. The molecule has 6 rings (SSSR count). The first-order valence-corrected chi connectivity index (χ1v) is 14.7. The lowest BCUT2D eigenvalue weighted by atomic mass is 10.1. The molecule has 0 amide bonds. The number of aromatic nitrogens is 8. The normalized spacial score (nSPS) is 18.6. The van der Waals surface area contributed by atoms with Crippen LogP contribution in [0.4, 0.5) is 17.5 Å². The maximum atomic E-state index is 12.8. The van der Waals surface area contributed by atoms with Crippen LogP contribution in [0.1, 0.15) is 18.2 Å². The van der Waals surface area contributed by atoms with Crippen molar-refractivity contribution >= 4 is 45.8 Å². The summed E-state index contributed by atoms with van der Waals surface area (Å²) in [5.41, 5.74) is 8.63. The number of nitrogens with two attached hydrogens (primary N) is 1. The number of hydrogen-bond donors (Lipinski definition) is 8. The number of aliphatic carboxylic acids is 1. The Kier molecular flexibility index (Phi) is 9.01. The quantitative estimate of drug-likeness (QED) is 0.0759. The molecule has 9 N–H and O–H groups in total.